The Morgan fingerprint density at radius 1 is 1.10 bits per heavy atom. The molecule has 1 aliphatic rings. The van der Waals surface area contributed by atoms with Crippen LogP contribution in [0.25, 0.3) is 11.3 Å². The molecule has 0 bridgehead atoms. The zero-order valence-electron chi connectivity index (χ0n) is 11.6. The van der Waals surface area contributed by atoms with E-state index in [0.717, 1.165) is 36.1 Å². The molecule has 0 atom stereocenters. The normalized spacial score (nSPS) is 14.3. The van der Waals surface area contributed by atoms with E-state index in [2.05, 4.69) is 22.0 Å². The second kappa shape index (κ2) is 5.57. The van der Waals surface area contributed by atoms with E-state index in [1.165, 1.54) is 25.0 Å². The molecule has 0 spiro atoms. The van der Waals surface area contributed by atoms with Crippen molar-refractivity contribution < 1.29 is 4.39 Å². The first-order valence-corrected chi connectivity index (χ1v) is 7.11. The van der Waals surface area contributed by atoms with Crippen molar-refractivity contribution in [3.8, 4) is 11.3 Å². The number of nitrogens with zero attached hydrogens (tertiary/aromatic N) is 3. The topological polar surface area (TPSA) is 29.0 Å². The lowest BCUT2D eigenvalue weighted by atomic mass is 10.1. The van der Waals surface area contributed by atoms with Gasteiger partial charge in [0.2, 0.25) is 0 Å². The number of aromatic nitrogens is 2. The molecule has 0 amide bonds. The van der Waals surface area contributed by atoms with Crippen molar-refractivity contribution in [2.45, 2.75) is 19.8 Å². The minimum absolute atomic E-state index is 0.236. The van der Waals surface area contributed by atoms with Crippen LogP contribution >= 0.6 is 0 Å². The number of hydrogen-bond acceptors (Lipinski definition) is 3. The van der Waals surface area contributed by atoms with Crippen LogP contribution in [0.4, 0.5) is 10.2 Å². The summed E-state index contributed by atoms with van der Waals surface area (Å²) >= 11 is 0. The summed E-state index contributed by atoms with van der Waals surface area (Å²) in [5.74, 6) is 1.51. The average molecular weight is 271 g/mol. The third kappa shape index (κ3) is 2.95. The highest BCUT2D eigenvalue weighted by atomic mass is 19.1. The highest BCUT2D eigenvalue weighted by Gasteiger charge is 2.24. The van der Waals surface area contributed by atoms with Crippen LogP contribution in [-0.2, 0) is 0 Å². The maximum Gasteiger partial charge on any atom is 0.151 e. The molecule has 0 unspecified atom stereocenters. The number of halogens is 1. The van der Waals surface area contributed by atoms with Crippen molar-refractivity contribution in [1.82, 2.24) is 10.2 Å². The van der Waals surface area contributed by atoms with Crippen LogP contribution in [0, 0.1) is 11.7 Å². The van der Waals surface area contributed by atoms with Crippen molar-refractivity contribution >= 4 is 5.82 Å². The maximum atomic E-state index is 12.9. The number of anilines is 1. The molecule has 20 heavy (non-hydrogen) atoms. The van der Waals surface area contributed by atoms with Gasteiger partial charge < -0.3 is 4.90 Å². The van der Waals surface area contributed by atoms with E-state index in [1.807, 2.05) is 12.1 Å². The van der Waals surface area contributed by atoms with Crippen molar-refractivity contribution in [1.29, 1.82) is 0 Å². The Morgan fingerprint density at radius 2 is 1.85 bits per heavy atom. The van der Waals surface area contributed by atoms with Crippen LogP contribution in [0.5, 0.6) is 0 Å². The van der Waals surface area contributed by atoms with Gasteiger partial charge in [0.15, 0.2) is 5.82 Å². The zero-order chi connectivity index (χ0) is 13.9. The predicted molar refractivity (Wildman–Crippen MR) is 78.0 cm³/mol. The summed E-state index contributed by atoms with van der Waals surface area (Å²) in [6, 6.07) is 10.3. The van der Waals surface area contributed by atoms with Crippen LogP contribution in [0.1, 0.15) is 19.8 Å². The summed E-state index contributed by atoms with van der Waals surface area (Å²) < 4.78 is 12.9. The summed E-state index contributed by atoms with van der Waals surface area (Å²) in [7, 11) is 0. The first-order chi connectivity index (χ1) is 9.76. The van der Waals surface area contributed by atoms with E-state index in [0.29, 0.717) is 0 Å². The van der Waals surface area contributed by atoms with Gasteiger partial charge in [-0.2, -0.15) is 0 Å². The molecule has 4 heteroatoms. The van der Waals surface area contributed by atoms with E-state index in [1.54, 1.807) is 12.1 Å². The summed E-state index contributed by atoms with van der Waals surface area (Å²) in [6.07, 6.45) is 2.66. The van der Waals surface area contributed by atoms with Gasteiger partial charge in [-0.3, -0.25) is 0 Å². The molecular formula is C16H18FN3. The molecule has 1 aliphatic carbocycles. The molecule has 104 valence electrons. The summed E-state index contributed by atoms with van der Waals surface area (Å²) in [5.41, 5.74) is 1.66. The fourth-order valence-corrected chi connectivity index (χ4v) is 2.27. The Morgan fingerprint density at radius 3 is 2.40 bits per heavy atom. The van der Waals surface area contributed by atoms with Crippen LogP contribution in [0.2, 0.25) is 0 Å². The average Bonchev–Trinajstić information content (AvgIpc) is 3.30. The van der Waals surface area contributed by atoms with E-state index < -0.39 is 0 Å². The molecule has 1 saturated carbocycles. The van der Waals surface area contributed by atoms with Gasteiger partial charge in [0.05, 0.1) is 5.69 Å². The third-order valence-electron chi connectivity index (χ3n) is 3.67. The van der Waals surface area contributed by atoms with E-state index >= 15 is 0 Å². The highest BCUT2D eigenvalue weighted by molar-refractivity contribution is 5.59. The molecule has 3 nitrogen and oxygen atoms in total. The van der Waals surface area contributed by atoms with E-state index in [-0.39, 0.29) is 5.82 Å². The van der Waals surface area contributed by atoms with Gasteiger partial charge in [-0.05, 0) is 62.1 Å². The molecular weight excluding hydrogens is 253 g/mol. The lowest BCUT2D eigenvalue weighted by Crippen LogP contribution is -2.26. The summed E-state index contributed by atoms with van der Waals surface area (Å²) in [5, 5.41) is 8.57. The SMILES string of the molecule is CCN(CC1CC1)c1ccc(-c2ccc(F)cc2)nn1. The van der Waals surface area contributed by atoms with Crippen LogP contribution in [0.15, 0.2) is 36.4 Å². The molecule has 0 aliphatic heterocycles. The molecule has 0 saturated heterocycles. The number of hydrogen-bond donors (Lipinski definition) is 0. The minimum Gasteiger partial charge on any atom is -0.355 e. The first kappa shape index (κ1) is 13.0. The summed E-state index contributed by atoms with van der Waals surface area (Å²) in [6.45, 7) is 4.15. The van der Waals surface area contributed by atoms with Gasteiger partial charge in [-0.15, -0.1) is 10.2 Å². The predicted octanol–water partition coefficient (Wildman–Crippen LogP) is 3.52. The zero-order valence-corrected chi connectivity index (χ0v) is 11.6. The van der Waals surface area contributed by atoms with Crippen molar-refractivity contribution in [3.05, 3.63) is 42.2 Å². The smallest absolute Gasteiger partial charge is 0.151 e. The van der Waals surface area contributed by atoms with Gasteiger partial charge in [-0.25, -0.2) is 4.39 Å². The van der Waals surface area contributed by atoms with Crippen molar-refractivity contribution in [2.75, 3.05) is 18.0 Å². The van der Waals surface area contributed by atoms with Gasteiger partial charge in [0, 0.05) is 18.7 Å². The second-order valence-corrected chi connectivity index (χ2v) is 5.27. The largest absolute Gasteiger partial charge is 0.355 e. The highest BCUT2D eigenvalue weighted by Crippen LogP contribution is 2.31. The quantitative estimate of drug-likeness (QED) is 0.833. The Labute approximate surface area is 118 Å². The standard InChI is InChI=1S/C16H18FN3/c1-2-20(11-12-3-4-12)16-10-9-15(18-19-16)13-5-7-14(17)8-6-13/h5-10,12H,2-4,11H2,1H3. The van der Waals surface area contributed by atoms with Crippen LogP contribution in [-0.4, -0.2) is 23.3 Å². The molecule has 1 aromatic heterocycles. The van der Waals surface area contributed by atoms with Crippen LogP contribution in [0.3, 0.4) is 0 Å². The van der Waals surface area contributed by atoms with Gasteiger partial charge in [0.1, 0.15) is 5.82 Å². The second-order valence-electron chi connectivity index (χ2n) is 5.27. The number of rotatable bonds is 5. The molecule has 2 aromatic rings. The number of benzene rings is 1. The Hall–Kier alpha value is -1.97. The third-order valence-corrected chi connectivity index (χ3v) is 3.67. The fourth-order valence-electron chi connectivity index (χ4n) is 2.27. The fraction of sp³-hybridized carbons (Fsp3) is 0.375. The van der Waals surface area contributed by atoms with Gasteiger partial charge in [-0.1, -0.05) is 0 Å². The van der Waals surface area contributed by atoms with Gasteiger partial charge >= 0.3 is 0 Å². The maximum absolute atomic E-state index is 12.9. The van der Waals surface area contributed by atoms with E-state index in [4.69, 9.17) is 0 Å². The van der Waals surface area contributed by atoms with E-state index in [9.17, 15) is 4.39 Å². The Bertz CT molecular complexity index is 561. The molecule has 1 aromatic carbocycles. The molecule has 1 heterocycles. The Balaban J connectivity index is 1.77. The molecule has 3 rings (SSSR count). The van der Waals surface area contributed by atoms with Crippen molar-refractivity contribution in [2.24, 2.45) is 5.92 Å². The molecule has 0 radical (unpaired) electrons. The summed E-state index contributed by atoms with van der Waals surface area (Å²) in [4.78, 5) is 2.26. The van der Waals surface area contributed by atoms with Crippen molar-refractivity contribution in [3.63, 3.8) is 0 Å². The molecule has 1 fully saturated rings. The van der Waals surface area contributed by atoms with Crippen LogP contribution < -0.4 is 4.90 Å². The first-order valence-electron chi connectivity index (χ1n) is 7.11. The minimum atomic E-state index is -0.236. The Kier molecular flexibility index (Phi) is 3.63. The lowest BCUT2D eigenvalue weighted by molar-refractivity contribution is 0.628. The lowest BCUT2D eigenvalue weighted by Gasteiger charge is -2.21. The van der Waals surface area contributed by atoms with Gasteiger partial charge in [0.25, 0.3) is 0 Å². The monoisotopic (exact) mass is 271 g/mol. The molecule has 0 N–H and O–H groups in total.